The van der Waals surface area contributed by atoms with Gasteiger partial charge >= 0.3 is 6.03 Å². The van der Waals surface area contributed by atoms with Crippen molar-refractivity contribution in [2.75, 3.05) is 32.1 Å². The smallest absolute Gasteiger partial charge is 0.319 e. The number of anilines is 1. The summed E-state index contributed by atoms with van der Waals surface area (Å²) in [5.74, 6) is 1.73. The van der Waals surface area contributed by atoms with Gasteiger partial charge in [-0.1, -0.05) is 12.1 Å². The molecule has 2 aromatic rings. The highest BCUT2D eigenvalue weighted by Gasteiger charge is 2.34. The van der Waals surface area contributed by atoms with Crippen molar-refractivity contribution in [2.45, 2.75) is 33.2 Å². The number of amides is 3. The summed E-state index contributed by atoms with van der Waals surface area (Å²) < 4.78 is 11.6. The van der Waals surface area contributed by atoms with E-state index < -0.39 is 0 Å². The van der Waals surface area contributed by atoms with E-state index in [1.54, 1.807) is 7.11 Å². The SMILES string of the molecule is CCNC(=O)Nc1cc(-c2cc3c(c(OC)c2)OCCN(C(=O)C2CC2)C3)ccc1C. The first-order valence-electron chi connectivity index (χ1n) is 10.8. The van der Waals surface area contributed by atoms with E-state index in [1.165, 1.54) is 0 Å². The highest BCUT2D eigenvalue weighted by molar-refractivity contribution is 5.91. The molecular formula is C24H29N3O4. The Labute approximate surface area is 182 Å². The number of rotatable bonds is 5. The van der Waals surface area contributed by atoms with E-state index in [0.717, 1.165) is 40.8 Å². The van der Waals surface area contributed by atoms with Gasteiger partial charge in [0.05, 0.1) is 13.7 Å². The molecule has 2 aliphatic rings. The van der Waals surface area contributed by atoms with E-state index >= 15 is 0 Å². The van der Waals surface area contributed by atoms with Crippen LogP contribution in [0.3, 0.4) is 0 Å². The Bertz CT molecular complexity index is 1000. The van der Waals surface area contributed by atoms with Crippen LogP contribution in [0.5, 0.6) is 11.5 Å². The van der Waals surface area contributed by atoms with Gasteiger partial charge in [-0.2, -0.15) is 0 Å². The number of hydrogen-bond acceptors (Lipinski definition) is 4. The molecule has 1 aliphatic heterocycles. The second kappa shape index (κ2) is 8.88. The van der Waals surface area contributed by atoms with Gasteiger partial charge in [0.1, 0.15) is 6.61 Å². The normalized spacial score (nSPS) is 15.4. The largest absolute Gasteiger partial charge is 0.493 e. The topological polar surface area (TPSA) is 79.9 Å². The number of nitrogens with one attached hydrogen (secondary N) is 2. The predicted molar refractivity (Wildman–Crippen MR) is 119 cm³/mol. The molecule has 1 saturated carbocycles. The fraction of sp³-hybridized carbons (Fsp3) is 0.417. The molecule has 1 aliphatic carbocycles. The standard InChI is InChI=1S/C24H29N3O4/c1-4-25-24(29)26-20-12-17(6-5-15(20)2)18-11-19-14-27(23(28)16-7-8-16)9-10-31-22(19)21(13-18)30-3/h5-6,11-13,16H,4,7-10,14H2,1-3H3,(H2,25,26,29). The highest BCUT2D eigenvalue weighted by Crippen LogP contribution is 2.40. The minimum absolute atomic E-state index is 0.173. The van der Waals surface area contributed by atoms with E-state index in [2.05, 4.69) is 16.7 Å². The van der Waals surface area contributed by atoms with Gasteiger partial charge in [-0.25, -0.2) is 4.79 Å². The van der Waals surface area contributed by atoms with Gasteiger partial charge in [-0.3, -0.25) is 4.79 Å². The molecule has 4 rings (SSSR count). The summed E-state index contributed by atoms with van der Waals surface area (Å²) in [6, 6.07) is 9.72. The van der Waals surface area contributed by atoms with Crippen LogP contribution in [0.15, 0.2) is 30.3 Å². The summed E-state index contributed by atoms with van der Waals surface area (Å²) in [5, 5.41) is 5.66. The predicted octanol–water partition coefficient (Wildman–Crippen LogP) is 3.94. The van der Waals surface area contributed by atoms with Crippen LogP contribution in [-0.4, -0.2) is 43.6 Å². The van der Waals surface area contributed by atoms with Gasteiger partial charge in [-0.15, -0.1) is 0 Å². The molecule has 2 N–H and O–H groups in total. The van der Waals surface area contributed by atoms with Crippen molar-refractivity contribution in [3.8, 4) is 22.6 Å². The van der Waals surface area contributed by atoms with E-state index in [4.69, 9.17) is 9.47 Å². The number of fused-ring (bicyclic) bond motifs is 1. The van der Waals surface area contributed by atoms with Crippen LogP contribution < -0.4 is 20.1 Å². The van der Waals surface area contributed by atoms with Crippen LogP contribution in [0.4, 0.5) is 10.5 Å². The molecule has 2 aromatic carbocycles. The fourth-order valence-corrected chi connectivity index (χ4v) is 3.84. The summed E-state index contributed by atoms with van der Waals surface area (Å²) in [6.07, 6.45) is 1.97. The first-order chi connectivity index (χ1) is 15.0. The lowest BCUT2D eigenvalue weighted by Gasteiger charge is -2.20. The molecule has 0 atom stereocenters. The number of aryl methyl sites for hydroxylation is 1. The Morgan fingerprint density at radius 1 is 1.19 bits per heavy atom. The lowest BCUT2D eigenvalue weighted by atomic mass is 9.99. The average Bonchev–Trinajstić information content (AvgIpc) is 3.61. The van der Waals surface area contributed by atoms with Crippen molar-refractivity contribution < 1.29 is 19.1 Å². The number of benzene rings is 2. The third-order valence-electron chi connectivity index (χ3n) is 5.72. The van der Waals surface area contributed by atoms with Gasteiger partial charge in [-0.05, 0) is 61.6 Å². The maximum absolute atomic E-state index is 12.7. The number of urea groups is 1. The molecule has 0 spiro atoms. The van der Waals surface area contributed by atoms with E-state index in [1.807, 2.05) is 43.0 Å². The highest BCUT2D eigenvalue weighted by atomic mass is 16.5. The van der Waals surface area contributed by atoms with Gasteiger partial charge in [0.15, 0.2) is 11.5 Å². The van der Waals surface area contributed by atoms with Crippen molar-refractivity contribution in [2.24, 2.45) is 5.92 Å². The summed E-state index contributed by atoms with van der Waals surface area (Å²) in [6.45, 7) is 5.93. The minimum atomic E-state index is -0.232. The zero-order valence-electron chi connectivity index (χ0n) is 18.3. The van der Waals surface area contributed by atoms with E-state index in [-0.39, 0.29) is 17.9 Å². The van der Waals surface area contributed by atoms with Crippen molar-refractivity contribution in [3.05, 3.63) is 41.5 Å². The molecule has 31 heavy (non-hydrogen) atoms. The molecule has 0 radical (unpaired) electrons. The number of ether oxygens (including phenoxy) is 2. The lowest BCUT2D eigenvalue weighted by Crippen LogP contribution is -2.33. The minimum Gasteiger partial charge on any atom is -0.493 e. The maximum atomic E-state index is 12.7. The Kier molecular flexibility index (Phi) is 6.02. The fourth-order valence-electron chi connectivity index (χ4n) is 3.84. The van der Waals surface area contributed by atoms with Crippen LogP contribution in [0.2, 0.25) is 0 Å². The second-order valence-corrected chi connectivity index (χ2v) is 8.06. The van der Waals surface area contributed by atoms with Crippen LogP contribution in [-0.2, 0) is 11.3 Å². The van der Waals surface area contributed by atoms with E-state index in [0.29, 0.717) is 37.7 Å². The average molecular weight is 424 g/mol. The van der Waals surface area contributed by atoms with Crippen LogP contribution in [0.25, 0.3) is 11.1 Å². The molecule has 0 saturated heterocycles. The van der Waals surface area contributed by atoms with Crippen molar-refractivity contribution in [3.63, 3.8) is 0 Å². The van der Waals surface area contributed by atoms with Gasteiger partial charge < -0.3 is 25.0 Å². The molecule has 0 aromatic heterocycles. The Balaban J connectivity index is 1.68. The Morgan fingerprint density at radius 3 is 2.71 bits per heavy atom. The van der Waals surface area contributed by atoms with Gasteiger partial charge in [0.25, 0.3) is 0 Å². The van der Waals surface area contributed by atoms with E-state index in [9.17, 15) is 9.59 Å². The number of methoxy groups -OCH3 is 1. The number of hydrogen-bond donors (Lipinski definition) is 2. The molecule has 7 nitrogen and oxygen atoms in total. The first-order valence-corrected chi connectivity index (χ1v) is 10.8. The lowest BCUT2D eigenvalue weighted by molar-refractivity contribution is -0.133. The third-order valence-corrected chi connectivity index (χ3v) is 5.72. The van der Waals surface area contributed by atoms with Crippen LogP contribution in [0, 0.1) is 12.8 Å². The second-order valence-electron chi connectivity index (χ2n) is 8.06. The molecule has 3 amide bonds. The van der Waals surface area contributed by atoms with Crippen LogP contribution >= 0.6 is 0 Å². The quantitative estimate of drug-likeness (QED) is 0.763. The molecule has 1 fully saturated rings. The molecule has 0 unspecified atom stereocenters. The summed E-state index contributed by atoms with van der Waals surface area (Å²) in [4.78, 5) is 26.6. The van der Waals surface area contributed by atoms with Gasteiger partial charge in [0, 0.05) is 30.3 Å². The van der Waals surface area contributed by atoms with Crippen molar-refractivity contribution in [1.82, 2.24) is 10.2 Å². The molecule has 1 heterocycles. The summed E-state index contributed by atoms with van der Waals surface area (Å²) in [5.41, 5.74) is 4.54. The molecule has 164 valence electrons. The number of carbonyl (C=O) groups excluding carboxylic acids is 2. The number of nitrogens with zero attached hydrogens (tertiary/aromatic N) is 1. The van der Waals surface area contributed by atoms with Crippen LogP contribution in [0.1, 0.15) is 30.9 Å². The van der Waals surface area contributed by atoms with Crippen molar-refractivity contribution >= 4 is 17.6 Å². The molecule has 7 heteroatoms. The first kappa shape index (κ1) is 21.0. The molecular weight excluding hydrogens is 394 g/mol. The summed E-state index contributed by atoms with van der Waals surface area (Å²) >= 11 is 0. The van der Waals surface area contributed by atoms with Gasteiger partial charge in [0.2, 0.25) is 5.91 Å². The Hall–Kier alpha value is -3.22. The summed E-state index contributed by atoms with van der Waals surface area (Å²) in [7, 11) is 1.62. The third kappa shape index (κ3) is 4.60. The Morgan fingerprint density at radius 2 is 2.00 bits per heavy atom. The molecule has 0 bridgehead atoms. The zero-order valence-corrected chi connectivity index (χ0v) is 18.3. The monoisotopic (exact) mass is 423 g/mol. The zero-order chi connectivity index (χ0) is 22.0. The maximum Gasteiger partial charge on any atom is 0.319 e. The van der Waals surface area contributed by atoms with Crippen molar-refractivity contribution in [1.29, 1.82) is 0 Å². The number of carbonyl (C=O) groups is 2.